The lowest BCUT2D eigenvalue weighted by molar-refractivity contribution is 0.168. The van der Waals surface area contributed by atoms with Gasteiger partial charge in [-0.3, -0.25) is 0 Å². The average molecular weight is 303 g/mol. The molecule has 1 aromatic carbocycles. The van der Waals surface area contributed by atoms with E-state index in [-0.39, 0.29) is 0 Å². The fourth-order valence-electron chi connectivity index (χ4n) is 2.70. The number of aliphatic hydroxyl groups is 1. The minimum Gasteiger partial charge on any atom is -0.386 e. The normalized spacial score (nSPS) is 17.6. The van der Waals surface area contributed by atoms with E-state index in [1.54, 1.807) is 11.3 Å². The molecule has 0 spiro atoms. The number of anilines is 1. The minimum atomic E-state index is -0.421. The van der Waals surface area contributed by atoms with Gasteiger partial charge in [0.15, 0.2) is 0 Å². The Morgan fingerprint density at radius 3 is 2.62 bits per heavy atom. The van der Waals surface area contributed by atoms with Crippen LogP contribution >= 0.6 is 11.3 Å². The van der Waals surface area contributed by atoms with Crippen LogP contribution in [-0.2, 0) is 6.54 Å². The molecule has 21 heavy (non-hydrogen) atoms. The van der Waals surface area contributed by atoms with E-state index < -0.39 is 6.10 Å². The van der Waals surface area contributed by atoms with Crippen molar-refractivity contribution in [1.29, 1.82) is 0 Å². The SMILES string of the molecule is CCN(CC)c1ccc(-c2nc3c(s2)C(O)CNC3)cc1. The lowest BCUT2D eigenvalue weighted by Gasteiger charge is -2.20. The first-order chi connectivity index (χ1) is 10.2. The lowest BCUT2D eigenvalue weighted by atomic mass is 10.2. The van der Waals surface area contributed by atoms with Gasteiger partial charge < -0.3 is 15.3 Å². The molecule has 1 aromatic heterocycles. The van der Waals surface area contributed by atoms with Crippen molar-refractivity contribution in [1.82, 2.24) is 10.3 Å². The molecule has 2 aromatic rings. The number of fused-ring (bicyclic) bond motifs is 1. The van der Waals surface area contributed by atoms with Gasteiger partial charge in [-0.2, -0.15) is 0 Å². The van der Waals surface area contributed by atoms with Crippen LogP contribution in [-0.4, -0.2) is 29.7 Å². The third kappa shape index (κ3) is 2.81. The molecule has 1 aliphatic heterocycles. The van der Waals surface area contributed by atoms with Gasteiger partial charge in [0.1, 0.15) is 11.1 Å². The van der Waals surface area contributed by atoms with Gasteiger partial charge in [0.05, 0.1) is 10.6 Å². The molecule has 0 bridgehead atoms. The monoisotopic (exact) mass is 303 g/mol. The van der Waals surface area contributed by atoms with Crippen molar-refractivity contribution in [2.75, 3.05) is 24.5 Å². The Kier molecular flexibility index (Phi) is 4.24. The molecule has 0 saturated carbocycles. The molecule has 0 saturated heterocycles. The van der Waals surface area contributed by atoms with Crippen molar-refractivity contribution < 1.29 is 5.11 Å². The molecule has 0 fully saturated rings. The highest BCUT2D eigenvalue weighted by Gasteiger charge is 2.22. The molecular weight excluding hydrogens is 282 g/mol. The molecule has 0 amide bonds. The van der Waals surface area contributed by atoms with Crippen LogP contribution in [0.5, 0.6) is 0 Å². The summed E-state index contributed by atoms with van der Waals surface area (Å²) in [6, 6.07) is 8.55. The van der Waals surface area contributed by atoms with Crippen LogP contribution in [0.4, 0.5) is 5.69 Å². The maximum atomic E-state index is 10.0. The third-order valence-corrected chi connectivity index (χ3v) is 5.15. The fraction of sp³-hybridized carbons (Fsp3) is 0.438. The van der Waals surface area contributed by atoms with Crippen LogP contribution in [0.25, 0.3) is 10.6 Å². The first-order valence-electron chi connectivity index (χ1n) is 7.46. The number of hydrogen-bond donors (Lipinski definition) is 2. The van der Waals surface area contributed by atoms with E-state index in [4.69, 9.17) is 0 Å². The Balaban J connectivity index is 1.87. The summed E-state index contributed by atoms with van der Waals surface area (Å²) >= 11 is 1.61. The van der Waals surface area contributed by atoms with E-state index in [0.717, 1.165) is 40.8 Å². The Morgan fingerprint density at radius 1 is 1.29 bits per heavy atom. The van der Waals surface area contributed by atoms with Crippen LogP contribution < -0.4 is 10.2 Å². The van der Waals surface area contributed by atoms with Gasteiger partial charge in [-0.15, -0.1) is 11.3 Å². The van der Waals surface area contributed by atoms with Crippen molar-refractivity contribution in [2.45, 2.75) is 26.5 Å². The highest BCUT2D eigenvalue weighted by atomic mass is 32.1. The van der Waals surface area contributed by atoms with Crippen LogP contribution in [0.3, 0.4) is 0 Å². The van der Waals surface area contributed by atoms with Gasteiger partial charge >= 0.3 is 0 Å². The number of nitrogens with zero attached hydrogens (tertiary/aromatic N) is 2. The smallest absolute Gasteiger partial charge is 0.124 e. The standard InChI is InChI=1S/C16H21N3OS/c1-3-19(4-2)12-7-5-11(6-8-12)16-18-13-9-17-10-14(20)15(13)21-16/h5-8,14,17,20H,3-4,9-10H2,1-2H3. The Labute approximate surface area is 129 Å². The van der Waals surface area contributed by atoms with Gasteiger partial charge in [0, 0.05) is 37.4 Å². The number of rotatable bonds is 4. The van der Waals surface area contributed by atoms with Gasteiger partial charge in [-0.05, 0) is 38.1 Å². The fourth-order valence-corrected chi connectivity index (χ4v) is 3.77. The van der Waals surface area contributed by atoms with Gasteiger partial charge in [0.2, 0.25) is 0 Å². The van der Waals surface area contributed by atoms with Crippen LogP contribution in [0, 0.1) is 0 Å². The van der Waals surface area contributed by atoms with E-state index in [2.05, 4.69) is 53.3 Å². The van der Waals surface area contributed by atoms with Crippen molar-refractivity contribution in [3.05, 3.63) is 34.8 Å². The highest BCUT2D eigenvalue weighted by Crippen LogP contribution is 2.34. The summed E-state index contributed by atoms with van der Waals surface area (Å²) in [5, 5.41) is 14.2. The first kappa shape index (κ1) is 14.5. The molecule has 1 aliphatic rings. The first-order valence-corrected chi connectivity index (χ1v) is 8.28. The lowest BCUT2D eigenvalue weighted by Crippen LogP contribution is -2.26. The van der Waals surface area contributed by atoms with Gasteiger partial charge in [0.25, 0.3) is 0 Å². The molecule has 5 heteroatoms. The molecular formula is C16H21N3OS. The van der Waals surface area contributed by atoms with Gasteiger partial charge in [-0.25, -0.2) is 4.98 Å². The molecule has 1 unspecified atom stereocenters. The number of benzene rings is 1. The Morgan fingerprint density at radius 2 is 2.00 bits per heavy atom. The van der Waals surface area contributed by atoms with E-state index >= 15 is 0 Å². The second kappa shape index (κ2) is 6.13. The predicted molar refractivity (Wildman–Crippen MR) is 87.8 cm³/mol. The number of hydrogen-bond acceptors (Lipinski definition) is 5. The summed E-state index contributed by atoms with van der Waals surface area (Å²) in [4.78, 5) is 8.00. The number of nitrogens with one attached hydrogen (secondary N) is 1. The van der Waals surface area contributed by atoms with Crippen LogP contribution in [0.1, 0.15) is 30.5 Å². The zero-order chi connectivity index (χ0) is 14.8. The quantitative estimate of drug-likeness (QED) is 0.912. The largest absolute Gasteiger partial charge is 0.386 e. The summed E-state index contributed by atoms with van der Waals surface area (Å²) in [6.45, 7) is 7.73. The second-order valence-corrected chi connectivity index (χ2v) is 6.23. The number of β-amino-alcohol motifs (C(OH)–C–C–N with tert-alkyl or cyclic N) is 1. The summed E-state index contributed by atoms with van der Waals surface area (Å²) in [6.07, 6.45) is -0.421. The molecule has 2 heterocycles. The maximum absolute atomic E-state index is 10.0. The molecule has 4 nitrogen and oxygen atoms in total. The molecule has 0 aliphatic carbocycles. The minimum absolute atomic E-state index is 0.421. The summed E-state index contributed by atoms with van der Waals surface area (Å²) < 4.78 is 0. The topological polar surface area (TPSA) is 48.4 Å². The highest BCUT2D eigenvalue weighted by molar-refractivity contribution is 7.15. The molecule has 2 N–H and O–H groups in total. The van der Waals surface area contributed by atoms with E-state index in [0.29, 0.717) is 6.54 Å². The number of aromatic nitrogens is 1. The van der Waals surface area contributed by atoms with E-state index in [9.17, 15) is 5.11 Å². The van der Waals surface area contributed by atoms with Crippen molar-refractivity contribution in [3.63, 3.8) is 0 Å². The molecule has 1 atom stereocenters. The van der Waals surface area contributed by atoms with Crippen LogP contribution in [0.15, 0.2) is 24.3 Å². The summed E-state index contributed by atoms with van der Waals surface area (Å²) in [5.41, 5.74) is 3.35. The van der Waals surface area contributed by atoms with Crippen molar-refractivity contribution >= 4 is 17.0 Å². The zero-order valence-electron chi connectivity index (χ0n) is 12.5. The predicted octanol–water partition coefficient (Wildman–Crippen LogP) is 2.79. The maximum Gasteiger partial charge on any atom is 0.124 e. The van der Waals surface area contributed by atoms with Crippen LogP contribution in [0.2, 0.25) is 0 Å². The van der Waals surface area contributed by atoms with Crippen molar-refractivity contribution in [2.24, 2.45) is 0 Å². The van der Waals surface area contributed by atoms with E-state index in [1.807, 2.05) is 0 Å². The van der Waals surface area contributed by atoms with Crippen molar-refractivity contribution in [3.8, 4) is 10.6 Å². The third-order valence-electron chi connectivity index (χ3n) is 3.90. The van der Waals surface area contributed by atoms with Gasteiger partial charge in [-0.1, -0.05) is 0 Å². The molecule has 112 valence electrons. The molecule has 0 radical (unpaired) electrons. The number of aliphatic hydroxyl groups excluding tert-OH is 1. The second-order valence-electron chi connectivity index (χ2n) is 5.20. The zero-order valence-corrected chi connectivity index (χ0v) is 13.3. The molecule has 3 rings (SSSR count). The Hall–Kier alpha value is -1.43. The van der Waals surface area contributed by atoms with E-state index in [1.165, 1.54) is 5.69 Å². The Bertz CT molecular complexity index is 604. The summed E-state index contributed by atoms with van der Waals surface area (Å²) in [5.74, 6) is 0. The summed E-state index contributed by atoms with van der Waals surface area (Å²) in [7, 11) is 0. The average Bonchev–Trinajstić information content (AvgIpc) is 2.95. The number of thiazole rings is 1.